The predicted molar refractivity (Wildman–Crippen MR) is 99.9 cm³/mol. The van der Waals surface area contributed by atoms with Crippen molar-refractivity contribution >= 4 is 59.4 Å². The lowest BCUT2D eigenvalue weighted by Crippen LogP contribution is -1.87. The third kappa shape index (κ3) is 1.39. The van der Waals surface area contributed by atoms with Gasteiger partial charge in [-0.3, -0.25) is 9.38 Å². The number of hydrogen-bond acceptors (Lipinski definition) is 3. The maximum absolute atomic E-state index is 4.81. The molecule has 6 aromatic rings. The molecule has 0 atom stereocenters. The fourth-order valence-corrected chi connectivity index (χ4v) is 4.77. The zero-order chi connectivity index (χ0) is 15.8. The van der Waals surface area contributed by atoms with E-state index in [1.54, 1.807) is 11.3 Å². The van der Waals surface area contributed by atoms with Crippen LogP contribution in [0, 0.1) is 0 Å². The molecular weight excluding hydrogens is 316 g/mol. The highest BCUT2D eigenvalue weighted by molar-refractivity contribution is 7.25. The van der Waals surface area contributed by atoms with E-state index in [1.165, 1.54) is 31.2 Å². The number of pyridine rings is 1. The summed E-state index contributed by atoms with van der Waals surface area (Å²) < 4.78 is 6.96. The van der Waals surface area contributed by atoms with Crippen LogP contribution >= 0.6 is 11.3 Å². The predicted octanol–water partition coefficient (Wildman–Crippen LogP) is 4.74. The molecule has 6 rings (SSSR count). The quantitative estimate of drug-likeness (QED) is 0.403. The molecule has 5 heteroatoms. The Bertz CT molecular complexity index is 1420. The number of para-hydroxylation sites is 2. The average molecular weight is 328 g/mol. The first-order valence-electron chi connectivity index (χ1n) is 7.83. The van der Waals surface area contributed by atoms with E-state index in [0.717, 1.165) is 16.8 Å². The van der Waals surface area contributed by atoms with Crippen LogP contribution in [0.15, 0.2) is 54.9 Å². The Balaban J connectivity index is 1.91. The van der Waals surface area contributed by atoms with Crippen molar-refractivity contribution < 1.29 is 0 Å². The van der Waals surface area contributed by atoms with Crippen LogP contribution in [0.25, 0.3) is 48.0 Å². The molecule has 0 bridgehead atoms. The Labute approximate surface area is 140 Å². The van der Waals surface area contributed by atoms with Gasteiger partial charge in [0.25, 0.3) is 0 Å². The van der Waals surface area contributed by atoms with Gasteiger partial charge in [0, 0.05) is 34.9 Å². The van der Waals surface area contributed by atoms with E-state index in [9.17, 15) is 0 Å². The Kier molecular flexibility index (Phi) is 2.15. The van der Waals surface area contributed by atoms with E-state index in [0.29, 0.717) is 0 Å². The first-order chi connectivity index (χ1) is 11.8. The number of rotatable bonds is 0. The molecule has 0 saturated heterocycles. The molecule has 0 saturated carbocycles. The van der Waals surface area contributed by atoms with Gasteiger partial charge in [0.1, 0.15) is 0 Å². The van der Waals surface area contributed by atoms with Crippen LogP contribution in [0.2, 0.25) is 0 Å². The van der Waals surface area contributed by atoms with Gasteiger partial charge in [-0.15, -0.1) is 11.3 Å². The molecule has 4 nitrogen and oxygen atoms in total. The van der Waals surface area contributed by atoms with Gasteiger partial charge in [-0.1, -0.05) is 12.1 Å². The Morgan fingerprint density at radius 1 is 0.917 bits per heavy atom. The van der Waals surface area contributed by atoms with Gasteiger partial charge in [-0.2, -0.15) is 0 Å². The molecular formula is C19H12N4S. The highest BCUT2D eigenvalue weighted by atomic mass is 32.1. The monoisotopic (exact) mass is 328 g/mol. The molecule has 4 heterocycles. The minimum absolute atomic E-state index is 0.981. The van der Waals surface area contributed by atoms with Gasteiger partial charge in [-0.25, -0.2) is 4.98 Å². The van der Waals surface area contributed by atoms with Crippen LogP contribution in [0.5, 0.6) is 0 Å². The molecule has 114 valence electrons. The smallest absolute Gasteiger partial charge is 0.215 e. The van der Waals surface area contributed by atoms with Crippen LogP contribution in [0.1, 0.15) is 0 Å². The number of thiophene rings is 1. The SMILES string of the molecule is Cn1c2cc3sc4cnccc4c3cc2n2c3ccccc3nc12. The fourth-order valence-electron chi connectivity index (χ4n) is 3.69. The van der Waals surface area contributed by atoms with E-state index in [2.05, 4.69) is 57.4 Å². The summed E-state index contributed by atoms with van der Waals surface area (Å²) in [5.41, 5.74) is 4.59. The largest absolute Gasteiger partial charge is 0.313 e. The molecule has 0 radical (unpaired) electrons. The van der Waals surface area contributed by atoms with Gasteiger partial charge in [0.15, 0.2) is 0 Å². The third-order valence-corrected chi connectivity index (χ3v) is 5.92. The molecule has 0 fully saturated rings. The van der Waals surface area contributed by atoms with Crippen molar-refractivity contribution in [2.75, 3.05) is 0 Å². The number of aromatic nitrogens is 4. The summed E-state index contributed by atoms with van der Waals surface area (Å²) in [6.45, 7) is 0. The molecule has 2 aromatic carbocycles. The molecule has 0 aliphatic rings. The molecule has 0 N–H and O–H groups in total. The van der Waals surface area contributed by atoms with Gasteiger partial charge >= 0.3 is 0 Å². The van der Waals surface area contributed by atoms with Crippen molar-refractivity contribution in [3.05, 3.63) is 54.9 Å². The summed E-state index contributed by atoms with van der Waals surface area (Å²) >= 11 is 1.80. The normalized spacial score (nSPS) is 12.4. The number of benzene rings is 2. The lowest BCUT2D eigenvalue weighted by Gasteiger charge is -1.98. The van der Waals surface area contributed by atoms with E-state index >= 15 is 0 Å². The van der Waals surface area contributed by atoms with Crippen molar-refractivity contribution in [1.29, 1.82) is 0 Å². The highest BCUT2D eigenvalue weighted by Crippen LogP contribution is 2.37. The summed E-state index contributed by atoms with van der Waals surface area (Å²) in [6.07, 6.45) is 3.82. The van der Waals surface area contributed by atoms with Gasteiger partial charge in [-0.05, 0) is 30.3 Å². The molecule has 0 amide bonds. The van der Waals surface area contributed by atoms with E-state index in [4.69, 9.17) is 4.98 Å². The van der Waals surface area contributed by atoms with Gasteiger partial charge < -0.3 is 4.57 Å². The lowest BCUT2D eigenvalue weighted by molar-refractivity contribution is 0.974. The van der Waals surface area contributed by atoms with Gasteiger partial charge in [0.2, 0.25) is 5.78 Å². The summed E-state index contributed by atoms with van der Waals surface area (Å²) in [4.78, 5) is 9.06. The Hall–Kier alpha value is -2.92. The van der Waals surface area contributed by atoms with Crippen LogP contribution < -0.4 is 0 Å². The lowest BCUT2D eigenvalue weighted by atomic mass is 10.1. The maximum atomic E-state index is 4.81. The topological polar surface area (TPSA) is 35.1 Å². The number of fused-ring (bicyclic) bond motifs is 8. The Morgan fingerprint density at radius 2 is 1.83 bits per heavy atom. The first-order valence-corrected chi connectivity index (χ1v) is 8.65. The molecule has 0 aliphatic heterocycles. The van der Waals surface area contributed by atoms with Crippen LogP contribution in [-0.2, 0) is 7.05 Å². The number of nitrogens with zero attached hydrogens (tertiary/aromatic N) is 4. The molecule has 0 unspecified atom stereocenters. The summed E-state index contributed by atoms with van der Waals surface area (Å²) in [5, 5.41) is 2.56. The average Bonchev–Trinajstić information content (AvgIpc) is 3.24. The standard InChI is InChI=1S/C19H12N4S/c1-22-15-9-17-12(11-6-7-20-10-18(11)24-17)8-16(15)23-14-5-3-2-4-13(14)21-19(22)23/h2-10H,1H3. The van der Waals surface area contributed by atoms with E-state index in [1.807, 2.05) is 18.5 Å². The second-order valence-electron chi connectivity index (χ2n) is 6.11. The summed E-state index contributed by atoms with van der Waals surface area (Å²) in [6, 6.07) is 15.0. The van der Waals surface area contributed by atoms with Crippen LogP contribution in [0.3, 0.4) is 0 Å². The third-order valence-electron chi connectivity index (χ3n) is 4.82. The van der Waals surface area contributed by atoms with E-state index < -0.39 is 0 Å². The highest BCUT2D eigenvalue weighted by Gasteiger charge is 2.16. The molecule has 24 heavy (non-hydrogen) atoms. The number of aryl methyl sites for hydroxylation is 1. The molecule has 0 aliphatic carbocycles. The summed E-state index contributed by atoms with van der Waals surface area (Å²) in [5.74, 6) is 0.981. The van der Waals surface area contributed by atoms with Crippen molar-refractivity contribution in [1.82, 2.24) is 18.9 Å². The van der Waals surface area contributed by atoms with Crippen molar-refractivity contribution in [3.63, 3.8) is 0 Å². The van der Waals surface area contributed by atoms with Crippen LogP contribution in [0.4, 0.5) is 0 Å². The maximum Gasteiger partial charge on any atom is 0.215 e. The second kappa shape index (κ2) is 4.13. The van der Waals surface area contributed by atoms with Crippen LogP contribution in [-0.4, -0.2) is 18.9 Å². The van der Waals surface area contributed by atoms with Crippen molar-refractivity contribution in [2.45, 2.75) is 0 Å². The molecule has 4 aromatic heterocycles. The number of hydrogen-bond donors (Lipinski definition) is 0. The fraction of sp³-hybridized carbons (Fsp3) is 0.0526. The van der Waals surface area contributed by atoms with Gasteiger partial charge in [0.05, 0.1) is 26.8 Å². The van der Waals surface area contributed by atoms with E-state index in [-0.39, 0.29) is 0 Å². The zero-order valence-electron chi connectivity index (χ0n) is 12.9. The first kappa shape index (κ1) is 12.5. The second-order valence-corrected chi connectivity index (χ2v) is 7.19. The van der Waals surface area contributed by atoms with Crippen molar-refractivity contribution in [2.24, 2.45) is 7.05 Å². The minimum Gasteiger partial charge on any atom is -0.313 e. The molecule has 0 spiro atoms. The zero-order valence-corrected chi connectivity index (χ0v) is 13.7. The van der Waals surface area contributed by atoms with Crippen molar-refractivity contribution in [3.8, 4) is 0 Å². The minimum atomic E-state index is 0.981. The Morgan fingerprint density at radius 3 is 2.79 bits per heavy atom. The number of imidazole rings is 2. The summed E-state index contributed by atoms with van der Waals surface area (Å²) in [7, 11) is 2.09.